The van der Waals surface area contributed by atoms with Crippen molar-refractivity contribution in [2.24, 2.45) is 0 Å². The molecule has 7 heteroatoms. The lowest BCUT2D eigenvalue weighted by molar-refractivity contribution is 0.0593. The number of rotatable bonds is 3. The van der Waals surface area contributed by atoms with E-state index < -0.39 is 11.8 Å². The van der Waals surface area contributed by atoms with Crippen molar-refractivity contribution in [1.29, 1.82) is 0 Å². The molecule has 0 aliphatic carbocycles. The number of methoxy groups -OCH3 is 1. The summed E-state index contributed by atoms with van der Waals surface area (Å²) in [7, 11) is 1.25. The molecule has 98 valence electrons. The first kappa shape index (κ1) is 13.2. The molecule has 1 aromatic carbocycles. The van der Waals surface area contributed by atoms with Gasteiger partial charge in [-0.25, -0.2) is 19.2 Å². The highest BCUT2D eigenvalue weighted by Crippen LogP contribution is 2.21. The largest absolute Gasteiger partial charge is 0.464 e. The highest BCUT2D eigenvalue weighted by molar-refractivity contribution is 6.30. The lowest BCUT2D eigenvalue weighted by Gasteiger charge is -2.06. The topological polar surface area (TPSA) is 64.1 Å². The Kier molecular flexibility index (Phi) is 3.91. The minimum atomic E-state index is -0.586. The highest BCUT2D eigenvalue weighted by atomic mass is 35.5. The predicted molar refractivity (Wildman–Crippen MR) is 68.1 cm³/mol. The van der Waals surface area contributed by atoms with Crippen LogP contribution in [-0.2, 0) is 4.74 Å². The lowest BCUT2D eigenvalue weighted by Crippen LogP contribution is -2.06. The number of nitrogens with zero attached hydrogens (tertiary/aromatic N) is 2. The molecular formula is C12H9ClFN3O2. The van der Waals surface area contributed by atoms with Gasteiger partial charge in [0, 0.05) is 5.02 Å². The summed E-state index contributed by atoms with van der Waals surface area (Å²) >= 11 is 5.64. The van der Waals surface area contributed by atoms with Crippen LogP contribution in [0.4, 0.5) is 15.9 Å². The quantitative estimate of drug-likeness (QED) is 0.877. The molecular weight excluding hydrogens is 273 g/mol. The average molecular weight is 282 g/mol. The molecule has 0 amide bonds. The molecule has 1 heterocycles. The van der Waals surface area contributed by atoms with Crippen molar-refractivity contribution >= 4 is 29.1 Å². The van der Waals surface area contributed by atoms with Gasteiger partial charge in [0.05, 0.1) is 25.2 Å². The van der Waals surface area contributed by atoms with Gasteiger partial charge in [-0.1, -0.05) is 11.6 Å². The number of hydrogen-bond donors (Lipinski definition) is 1. The van der Waals surface area contributed by atoms with Crippen molar-refractivity contribution in [2.45, 2.75) is 0 Å². The lowest BCUT2D eigenvalue weighted by atomic mass is 10.3. The monoisotopic (exact) mass is 281 g/mol. The molecule has 0 saturated heterocycles. The Morgan fingerprint density at radius 3 is 2.74 bits per heavy atom. The Bertz CT molecular complexity index is 604. The van der Waals surface area contributed by atoms with Gasteiger partial charge in [-0.15, -0.1) is 0 Å². The second kappa shape index (κ2) is 5.62. The number of anilines is 2. The zero-order valence-electron chi connectivity index (χ0n) is 9.85. The van der Waals surface area contributed by atoms with Crippen molar-refractivity contribution in [3.63, 3.8) is 0 Å². The zero-order valence-corrected chi connectivity index (χ0v) is 10.6. The molecule has 0 unspecified atom stereocenters. The van der Waals surface area contributed by atoms with E-state index in [9.17, 15) is 9.18 Å². The van der Waals surface area contributed by atoms with Crippen LogP contribution in [0.3, 0.4) is 0 Å². The Labute approximate surface area is 113 Å². The summed E-state index contributed by atoms with van der Waals surface area (Å²) in [5.74, 6) is -0.794. The van der Waals surface area contributed by atoms with Crippen molar-refractivity contribution in [1.82, 2.24) is 9.97 Å². The molecule has 0 spiro atoms. The SMILES string of the molecule is COC(=O)c1cnc(Nc2ccc(Cl)cc2F)cn1. The van der Waals surface area contributed by atoms with E-state index in [1.165, 1.54) is 31.6 Å². The van der Waals surface area contributed by atoms with E-state index in [0.717, 1.165) is 0 Å². The van der Waals surface area contributed by atoms with E-state index in [0.29, 0.717) is 10.8 Å². The summed E-state index contributed by atoms with van der Waals surface area (Å²) in [6.45, 7) is 0. The number of esters is 1. The van der Waals surface area contributed by atoms with E-state index in [-0.39, 0.29) is 11.4 Å². The van der Waals surface area contributed by atoms with E-state index in [1.54, 1.807) is 6.07 Å². The molecule has 0 aliphatic rings. The molecule has 0 aliphatic heterocycles. The van der Waals surface area contributed by atoms with Crippen molar-refractivity contribution < 1.29 is 13.9 Å². The van der Waals surface area contributed by atoms with Gasteiger partial charge in [-0.3, -0.25) is 0 Å². The zero-order chi connectivity index (χ0) is 13.8. The molecule has 19 heavy (non-hydrogen) atoms. The summed E-state index contributed by atoms with van der Waals surface area (Å²) in [5, 5.41) is 3.03. The number of hydrogen-bond acceptors (Lipinski definition) is 5. The summed E-state index contributed by atoms with van der Waals surface area (Å²) < 4.78 is 18.0. The standard InChI is InChI=1S/C12H9ClFN3O2/c1-19-12(18)10-5-16-11(6-15-10)17-9-3-2-7(13)4-8(9)14/h2-6H,1H3,(H,16,17). The van der Waals surface area contributed by atoms with Crippen LogP contribution in [-0.4, -0.2) is 23.0 Å². The number of aromatic nitrogens is 2. The van der Waals surface area contributed by atoms with Crippen LogP contribution in [0, 0.1) is 5.82 Å². The normalized spacial score (nSPS) is 10.1. The summed E-state index contributed by atoms with van der Waals surface area (Å²) in [6.07, 6.45) is 2.54. The molecule has 1 N–H and O–H groups in total. The number of halogens is 2. The van der Waals surface area contributed by atoms with Gasteiger partial charge in [-0.2, -0.15) is 0 Å². The van der Waals surface area contributed by atoms with Crippen molar-refractivity contribution in [2.75, 3.05) is 12.4 Å². The fourth-order valence-electron chi connectivity index (χ4n) is 1.33. The Hall–Kier alpha value is -2.21. The molecule has 1 aromatic heterocycles. The van der Waals surface area contributed by atoms with Crippen LogP contribution >= 0.6 is 11.6 Å². The van der Waals surface area contributed by atoms with E-state index in [4.69, 9.17) is 11.6 Å². The molecule has 0 radical (unpaired) electrons. The minimum absolute atomic E-state index is 0.0737. The minimum Gasteiger partial charge on any atom is -0.464 e. The van der Waals surface area contributed by atoms with E-state index in [2.05, 4.69) is 20.0 Å². The maximum Gasteiger partial charge on any atom is 0.358 e. The third kappa shape index (κ3) is 3.17. The Morgan fingerprint density at radius 1 is 1.37 bits per heavy atom. The van der Waals surface area contributed by atoms with Gasteiger partial charge < -0.3 is 10.1 Å². The molecule has 5 nitrogen and oxygen atoms in total. The molecule has 0 saturated carbocycles. The summed E-state index contributed by atoms with van der Waals surface area (Å²) in [4.78, 5) is 18.9. The fraction of sp³-hybridized carbons (Fsp3) is 0.0833. The average Bonchev–Trinajstić information content (AvgIpc) is 2.42. The van der Waals surface area contributed by atoms with Crippen molar-refractivity contribution in [3.05, 3.63) is 47.1 Å². The van der Waals surface area contributed by atoms with Crippen LogP contribution in [0.1, 0.15) is 10.5 Å². The molecule has 2 aromatic rings. The molecule has 2 rings (SSSR count). The van der Waals surface area contributed by atoms with Crippen LogP contribution < -0.4 is 5.32 Å². The smallest absolute Gasteiger partial charge is 0.358 e. The number of nitrogens with one attached hydrogen (secondary N) is 1. The first-order valence-corrected chi connectivity index (χ1v) is 5.60. The number of benzene rings is 1. The van der Waals surface area contributed by atoms with Crippen LogP contribution in [0.25, 0.3) is 0 Å². The van der Waals surface area contributed by atoms with Gasteiger partial charge in [-0.05, 0) is 18.2 Å². The summed E-state index contributed by atoms with van der Waals surface area (Å²) in [5.41, 5.74) is 0.286. The molecule has 0 fully saturated rings. The second-order valence-electron chi connectivity index (χ2n) is 3.53. The van der Waals surface area contributed by atoms with E-state index in [1.807, 2.05) is 0 Å². The maximum atomic E-state index is 13.5. The molecule has 0 atom stereocenters. The second-order valence-corrected chi connectivity index (χ2v) is 3.96. The van der Waals surface area contributed by atoms with Gasteiger partial charge >= 0.3 is 5.97 Å². The summed E-state index contributed by atoms with van der Waals surface area (Å²) in [6, 6.07) is 4.21. The van der Waals surface area contributed by atoms with Crippen LogP contribution in [0.2, 0.25) is 5.02 Å². The third-order valence-electron chi connectivity index (χ3n) is 2.24. The van der Waals surface area contributed by atoms with Gasteiger partial charge in [0.15, 0.2) is 5.69 Å². The maximum absolute atomic E-state index is 13.5. The Morgan fingerprint density at radius 2 is 2.16 bits per heavy atom. The number of ether oxygens (including phenoxy) is 1. The van der Waals surface area contributed by atoms with Crippen molar-refractivity contribution in [3.8, 4) is 0 Å². The Balaban J connectivity index is 2.17. The van der Waals surface area contributed by atoms with Crippen LogP contribution in [0.15, 0.2) is 30.6 Å². The number of carbonyl (C=O) groups excluding carboxylic acids is 1. The predicted octanol–water partition coefficient (Wildman–Crippen LogP) is 2.80. The fourth-order valence-corrected chi connectivity index (χ4v) is 1.49. The highest BCUT2D eigenvalue weighted by Gasteiger charge is 2.08. The third-order valence-corrected chi connectivity index (χ3v) is 2.48. The first-order valence-electron chi connectivity index (χ1n) is 5.22. The van der Waals surface area contributed by atoms with Gasteiger partial charge in [0.25, 0.3) is 0 Å². The first-order chi connectivity index (χ1) is 9.10. The van der Waals surface area contributed by atoms with Crippen LogP contribution in [0.5, 0.6) is 0 Å². The van der Waals surface area contributed by atoms with Gasteiger partial charge in [0.2, 0.25) is 0 Å². The van der Waals surface area contributed by atoms with Gasteiger partial charge in [0.1, 0.15) is 11.6 Å². The van der Waals surface area contributed by atoms with E-state index >= 15 is 0 Å². The molecule has 0 bridgehead atoms. The number of carbonyl (C=O) groups is 1.